The summed E-state index contributed by atoms with van der Waals surface area (Å²) in [7, 11) is 0. The molecule has 0 radical (unpaired) electrons. The highest BCUT2D eigenvalue weighted by molar-refractivity contribution is 5.60. The molecule has 1 aromatic heterocycles. The summed E-state index contributed by atoms with van der Waals surface area (Å²) in [6.45, 7) is 3.24. The maximum atomic E-state index is 6.06. The summed E-state index contributed by atoms with van der Waals surface area (Å²) in [5, 5.41) is 0. The Morgan fingerprint density at radius 2 is 1.36 bits per heavy atom. The monoisotopic (exact) mass is 341 g/mol. The van der Waals surface area contributed by atoms with Crippen LogP contribution in [-0.4, -0.2) is 9.55 Å². The Morgan fingerprint density at radius 1 is 0.800 bits per heavy atom. The lowest BCUT2D eigenvalue weighted by Gasteiger charge is -2.10. The van der Waals surface area contributed by atoms with Crippen molar-refractivity contribution in [2.75, 3.05) is 5.73 Å². The highest BCUT2D eigenvalue weighted by Crippen LogP contribution is 2.22. The molecule has 2 N–H and O–H groups in total. The van der Waals surface area contributed by atoms with E-state index < -0.39 is 0 Å². The van der Waals surface area contributed by atoms with Gasteiger partial charge in [-0.3, -0.25) is 0 Å². The molecule has 0 saturated heterocycles. The minimum atomic E-state index is 0.630. The Balaban J connectivity index is 1.61. The van der Waals surface area contributed by atoms with Crippen molar-refractivity contribution >= 4 is 5.95 Å². The Kier molecular flexibility index (Phi) is 9.17. The second kappa shape index (κ2) is 11.7. The lowest BCUT2D eigenvalue weighted by Crippen LogP contribution is -2.05. The number of benzene rings is 1. The van der Waals surface area contributed by atoms with E-state index in [4.69, 9.17) is 5.73 Å². The molecule has 1 aromatic carbocycles. The molecule has 0 aliphatic rings. The summed E-state index contributed by atoms with van der Waals surface area (Å²) < 4.78 is 2.16. The van der Waals surface area contributed by atoms with Gasteiger partial charge in [0, 0.05) is 6.54 Å². The lowest BCUT2D eigenvalue weighted by molar-refractivity contribution is 0.534. The van der Waals surface area contributed by atoms with Crippen LogP contribution >= 0.6 is 0 Å². The average molecular weight is 342 g/mol. The SMILES string of the molecule is CCCCCCCCCCCCCn1c(-c2ccccc2)cnc1N. The van der Waals surface area contributed by atoms with Crippen molar-refractivity contribution in [3.05, 3.63) is 36.5 Å². The second-order valence-corrected chi connectivity index (χ2v) is 7.05. The maximum absolute atomic E-state index is 6.06. The van der Waals surface area contributed by atoms with Gasteiger partial charge in [-0.15, -0.1) is 0 Å². The van der Waals surface area contributed by atoms with Gasteiger partial charge in [-0.1, -0.05) is 101 Å². The van der Waals surface area contributed by atoms with Crippen LogP contribution in [-0.2, 0) is 6.54 Å². The van der Waals surface area contributed by atoms with Crippen LogP contribution in [0.3, 0.4) is 0 Å². The van der Waals surface area contributed by atoms with Crippen LogP contribution in [0.1, 0.15) is 77.6 Å². The molecule has 0 bridgehead atoms. The van der Waals surface area contributed by atoms with Gasteiger partial charge in [0.1, 0.15) is 0 Å². The average Bonchev–Trinajstić information content (AvgIpc) is 3.01. The van der Waals surface area contributed by atoms with Gasteiger partial charge in [0.2, 0.25) is 5.95 Å². The number of aromatic nitrogens is 2. The molecular weight excluding hydrogens is 306 g/mol. The first kappa shape index (κ1) is 19.6. The summed E-state index contributed by atoms with van der Waals surface area (Å²) in [5.74, 6) is 0.630. The van der Waals surface area contributed by atoms with E-state index in [0.29, 0.717) is 5.95 Å². The zero-order valence-corrected chi connectivity index (χ0v) is 15.9. The molecule has 0 spiro atoms. The first-order valence-corrected chi connectivity index (χ1v) is 10.2. The number of unbranched alkanes of at least 4 members (excludes halogenated alkanes) is 10. The topological polar surface area (TPSA) is 43.8 Å². The summed E-state index contributed by atoms with van der Waals surface area (Å²) >= 11 is 0. The molecule has 0 aliphatic carbocycles. The molecule has 0 aliphatic heterocycles. The van der Waals surface area contributed by atoms with Crippen molar-refractivity contribution < 1.29 is 0 Å². The van der Waals surface area contributed by atoms with Crippen molar-refractivity contribution in [2.45, 2.75) is 84.1 Å². The van der Waals surface area contributed by atoms with Crippen molar-refractivity contribution in [2.24, 2.45) is 0 Å². The molecule has 0 fully saturated rings. The Morgan fingerprint density at radius 3 is 1.96 bits per heavy atom. The van der Waals surface area contributed by atoms with E-state index in [2.05, 4.69) is 40.7 Å². The van der Waals surface area contributed by atoms with Crippen LogP contribution in [0.2, 0.25) is 0 Å². The van der Waals surface area contributed by atoms with Crippen LogP contribution in [0.5, 0.6) is 0 Å². The third-order valence-corrected chi connectivity index (χ3v) is 4.94. The Bertz CT molecular complexity index is 574. The number of rotatable bonds is 13. The smallest absolute Gasteiger partial charge is 0.200 e. The molecule has 3 nitrogen and oxygen atoms in total. The Labute approximate surface area is 153 Å². The van der Waals surface area contributed by atoms with E-state index in [1.54, 1.807) is 0 Å². The van der Waals surface area contributed by atoms with Gasteiger partial charge in [0.05, 0.1) is 11.9 Å². The summed E-state index contributed by atoms with van der Waals surface area (Å²) in [6, 6.07) is 10.4. The van der Waals surface area contributed by atoms with Crippen LogP contribution in [0.15, 0.2) is 36.5 Å². The Hall–Kier alpha value is -1.77. The van der Waals surface area contributed by atoms with Gasteiger partial charge in [-0.05, 0) is 12.0 Å². The quantitative estimate of drug-likeness (QED) is 0.426. The lowest BCUT2D eigenvalue weighted by atomic mass is 10.1. The zero-order chi connectivity index (χ0) is 17.7. The van der Waals surface area contributed by atoms with Crippen molar-refractivity contribution in [3.63, 3.8) is 0 Å². The van der Waals surface area contributed by atoms with Gasteiger partial charge < -0.3 is 10.3 Å². The fraction of sp³-hybridized carbons (Fsp3) is 0.591. The molecule has 0 amide bonds. The van der Waals surface area contributed by atoms with Gasteiger partial charge in [-0.25, -0.2) is 4.98 Å². The number of nitrogen functional groups attached to an aromatic ring is 1. The zero-order valence-electron chi connectivity index (χ0n) is 15.9. The highest BCUT2D eigenvalue weighted by atomic mass is 15.1. The van der Waals surface area contributed by atoms with E-state index in [0.717, 1.165) is 12.2 Å². The fourth-order valence-electron chi connectivity index (χ4n) is 3.40. The molecular formula is C22H35N3. The standard InChI is InChI=1S/C22H35N3/c1-2-3-4-5-6-7-8-9-10-11-15-18-25-21(19-24-22(25)23)20-16-13-12-14-17-20/h12-14,16-17,19H,2-11,15,18H2,1H3,(H2,23,24). The largest absolute Gasteiger partial charge is 0.369 e. The van der Waals surface area contributed by atoms with Gasteiger partial charge in [0.25, 0.3) is 0 Å². The number of anilines is 1. The van der Waals surface area contributed by atoms with Crippen LogP contribution in [0.4, 0.5) is 5.95 Å². The predicted octanol–water partition coefficient (Wildman–Crippen LogP) is 6.44. The van der Waals surface area contributed by atoms with E-state index in [1.807, 2.05) is 12.3 Å². The molecule has 0 saturated carbocycles. The van der Waals surface area contributed by atoms with Crippen LogP contribution < -0.4 is 5.73 Å². The summed E-state index contributed by atoms with van der Waals surface area (Å²) in [6.07, 6.45) is 16.9. The maximum Gasteiger partial charge on any atom is 0.200 e. The van der Waals surface area contributed by atoms with E-state index in [1.165, 1.54) is 76.2 Å². The van der Waals surface area contributed by atoms with E-state index in [9.17, 15) is 0 Å². The summed E-state index contributed by atoms with van der Waals surface area (Å²) in [4.78, 5) is 4.30. The van der Waals surface area contributed by atoms with Crippen molar-refractivity contribution in [3.8, 4) is 11.3 Å². The normalized spacial score (nSPS) is 11.1. The minimum absolute atomic E-state index is 0.630. The number of nitrogens with two attached hydrogens (primary N) is 1. The first-order valence-electron chi connectivity index (χ1n) is 10.2. The number of hydrogen-bond acceptors (Lipinski definition) is 2. The first-order chi connectivity index (χ1) is 12.3. The summed E-state index contributed by atoms with van der Waals surface area (Å²) in [5.41, 5.74) is 8.38. The molecule has 0 unspecified atom stereocenters. The third kappa shape index (κ3) is 6.93. The van der Waals surface area contributed by atoms with Gasteiger partial charge in [-0.2, -0.15) is 0 Å². The fourth-order valence-corrected chi connectivity index (χ4v) is 3.40. The molecule has 138 valence electrons. The number of hydrogen-bond donors (Lipinski definition) is 1. The second-order valence-electron chi connectivity index (χ2n) is 7.05. The molecule has 2 rings (SSSR count). The molecule has 0 atom stereocenters. The molecule has 2 aromatic rings. The van der Waals surface area contributed by atoms with Crippen molar-refractivity contribution in [1.29, 1.82) is 0 Å². The molecule has 3 heteroatoms. The van der Waals surface area contributed by atoms with Gasteiger partial charge in [0.15, 0.2) is 0 Å². The third-order valence-electron chi connectivity index (χ3n) is 4.94. The molecule has 25 heavy (non-hydrogen) atoms. The minimum Gasteiger partial charge on any atom is -0.369 e. The highest BCUT2D eigenvalue weighted by Gasteiger charge is 2.08. The molecule has 1 heterocycles. The number of nitrogens with zero attached hydrogens (tertiary/aromatic N) is 2. The number of imidazole rings is 1. The predicted molar refractivity (Wildman–Crippen MR) is 109 cm³/mol. The van der Waals surface area contributed by atoms with Crippen LogP contribution in [0, 0.1) is 0 Å². The van der Waals surface area contributed by atoms with E-state index >= 15 is 0 Å². The van der Waals surface area contributed by atoms with Crippen LogP contribution in [0.25, 0.3) is 11.3 Å². The van der Waals surface area contributed by atoms with Crippen molar-refractivity contribution in [1.82, 2.24) is 9.55 Å². The van der Waals surface area contributed by atoms with Gasteiger partial charge >= 0.3 is 0 Å². The van der Waals surface area contributed by atoms with E-state index in [-0.39, 0.29) is 0 Å².